The van der Waals surface area contributed by atoms with Gasteiger partial charge >= 0.3 is 6.01 Å². The second-order valence-corrected chi connectivity index (χ2v) is 7.70. The fourth-order valence-electron chi connectivity index (χ4n) is 3.55. The molecule has 0 atom stereocenters. The van der Waals surface area contributed by atoms with Crippen molar-refractivity contribution in [1.29, 1.82) is 0 Å². The molecule has 8 nitrogen and oxygen atoms in total. The molecule has 1 fully saturated rings. The highest BCUT2D eigenvalue weighted by molar-refractivity contribution is 5.83. The van der Waals surface area contributed by atoms with Crippen LogP contribution >= 0.6 is 0 Å². The molecule has 0 spiro atoms. The summed E-state index contributed by atoms with van der Waals surface area (Å²) in [6, 6.07) is 4.37. The van der Waals surface area contributed by atoms with Crippen molar-refractivity contribution in [1.82, 2.24) is 24.4 Å². The molecule has 172 valence electrons. The molecule has 1 aliphatic heterocycles. The van der Waals surface area contributed by atoms with E-state index in [1.54, 1.807) is 17.0 Å². The lowest BCUT2D eigenvalue weighted by atomic mass is 10.2. The largest absolute Gasteiger partial charge is 0.463 e. The number of nitrogens with one attached hydrogen (secondary N) is 1. The van der Waals surface area contributed by atoms with Crippen LogP contribution < -0.4 is 10.1 Å². The van der Waals surface area contributed by atoms with E-state index in [0.29, 0.717) is 30.1 Å². The Hall–Kier alpha value is -2.85. The number of imidazole rings is 1. The molecule has 0 saturated carbocycles. The number of nitrogens with zero attached hydrogens (tertiary/aromatic N) is 5. The third-order valence-electron chi connectivity index (χ3n) is 5.37. The van der Waals surface area contributed by atoms with Crippen LogP contribution in [0.1, 0.15) is 25.3 Å². The molecule has 0 aliphatic carbocycles. The van der Waals surface area contributed by atoms with Gasteiger partial charge in [-0.3, -0.25) is 4.90 Å². The van der Waals surface area contributed by atoms with Gasteiger partial charge in [-0.2, -0.15) is 9.97 Å². The van der Waals surface area contributed by atoms with E-state index in [0.717, 1.165) is 51.8 Å². The van der Waals surface area contributed by atoms with E-state index in [1.165, 1.54) is 6.07 Å². The summed E-state index contributed by atoms with van der Waals surface area (Å²) in [6.45, 7) is 7.49. The summed E-state index contributed by atoms with van der Waals surface area (Å²) >= 11 is 0. The van der Waals surface area contributed by atoms with Gasteiger partial charge in [-0.15, -0.1) is 0 Å². The van der Waals surface area contributed by atoms with Gasteiger partial charge in [0.15, 0.2) is 28.6 Å². The number of hydrogen-bond donors (Lipinski definition) is 1. The molecule has 4 rings (SSSR count). The molecule has 32 heavy (non-hydrogen) atoms. The van der Waals surface area contributed by atoms with E-state index in [9.17, 15) is 8.78 Å². The highest BCUT2D eigenvalue weighted by atomic mass is 19.2. The predicted octanol–water partition coefficient (Wildman–Crippen LogP) is 3.08. The minimum Gasteiger partial charge on any atom is -0.463 e. The molecular formula is C22H28F2N6O2. The van der Waals surface area contributed by atoms with Crippen LogP contribution in [0.15, 0.2) is 24.5 Å². The number of anilines is 1. The smallest absolute Gasteiger partial charge is 0.320 e. The zero-order chi connectivity index (χ0) is 22.3. The predicted molar refractivity (Wildman–Crippen MR) is 117 cm³/mol. The summed E-state index contributed by atoms with van der Waals surface area (Å²) in [5, 5.41) is 3.34. The molecule has 0 radical (unpaired) electrons. The van der Waals surface area contributed by atoms with Crippen molar-refractivity contribution in [2.24, 2.45) is 0 Å². The lowest BCUT2D eigenvalue weighted by Crippen LogP contribution is -2.39. The van der Waals surface area contributed by atoms with Crippen LogP contribution in [0.2, 0.25) is 0 Å². The number of aromatic nitrogens is 4. The fraction of sp³-hybridized carbons (Fsp3) is 0.500. The summed E-state index contributed by atoms with van der Waals surface area (Å²) in [5.74, 6) is -1.18. The van der Waals surface area contributed by atoms with E-state index in [4.69, 9.17) is 9.47 Å². The van der Waals surface area contributed by atoms with Gasteiger partial charge in [0.1, 0.15) is 0 Å². The molecule has 3 aromatic rings. The van der Waals surface area contributed by atoms with Gasteiger partial charge in [0.2, 0.25) is 0 Å². The topological polar surface area (TPSA) is 77.3 Å². The Balaban J connectivity index is 1.57. The van der Waals surface area contributed by atoms with Crippen LogP contribution in [-0.4, -0.2) is 70.4 Å². The van der Waals surface area contributed by atoms with E-state index in [1.807, 2.05) is 0 Å². The van der Waals surface area contributed by atoms with Crippen LogP contribution in [0.4, 0.5) is 14.6 Å². The Morgan fingerprint density at radius 2 is 2.03 bits per heavy atom. The molecule has 10 heteroatoms. The quantitative estimate of drug-likeness (QED) is 0.480. The summed E-state index contributed by atoms with van der Waals surface area (Å²) in [6.07, 6.45) is 3.44. The number of benzene rings is 1. The van der Waals surface area contributed by atoms with Crippen molar-refractivity contribution < 1.29 is 18.3 Å². The van der Waals surface area contributed by atoms with E-state index in [2.05, 4.69) is 32.1 Å². The molecule has 0 amide bonds. The number of ether oxygens (including phenoxy) is 2. The van der Waals surface area contributed by atoms with Crippen LogP contribution in [0.5, 0.6) is 6.01 Å². The third kappa shape index (κ3) is 5.31. The number of hydrogen-bond acceptors (Lipinski definition) is 7. The fourth-order valence-corrected chi connectivity index (χ4v) is 3.55. The van der Waals surface area contributed by atoms with Gasteiger partial charge in [-0.1, -0.05) is 25.5 Å². The molecule has 3 heterocycles. The van der Waals surface area contributed by atoms with Crippen LogP contribution in [0.3, 0.4) is 0 Å². The van der Waals surface area contributed by atoms with E-state index in [-0.39, 0.29) is 18.1 Å². The minimum absolute atomic E-state index is 0.0960. The first-order valence-corrected chi connectivity index (χ1v) is 11.0. The molecule has 1 saturated heterocycles. The maximum Gasteiger partial charge on any atom is 0.320 e. The Kier molecular flexibility index (Phi) is 7.43. The summed E-state index contributed by atoms with van der Waals surface area (Å²) in [5.41, 5.74) is 1.29. The molecule has 1 aromatic carbocycles. The van der Waals surface area contributed by atoms with Gasteiger partial charge in [-0.05, 0) is 12.5 Å². The van der Waals surface area contributed by atoms with Crippen LogP contribution in [0, 0.1) is 11.6 Å². The number of rotatable bonds is 10. The summed E-state index contributed by atoms with van der Waals surface area (Å²) < 4.78 is 40.7. The molecular weight excluding hydrogens is 418 g/mol. The Bertz CT molecular complexity index is 1040. The zero-order valence-electron chi connectivity index (χ0n) is 18.2. The van der Waals surface area contributed by atoms with E-state index >= 15 is 0 Å². The molecule has 0 unspecified atom stereocenters. The van der Waals surface area contributed by atoms with Crippen molar-refractivity contribution in [3.63, 3.8) is 0 Å². The van der Waals surface area contributed by atoms with Gasteiger partial charge < -0.3 is 19.4 Å². The van der Waals surface area contributed by atoms with Crippen LogP contribution in [0.25, 0.3) is 11.2 Å². The highest BCUT2D eigenvalue weighted by Crippen LogP contribution is 2.23. The highest BCUT2D eigenvalue weighted by Gasteiger charge is 2.17. The Morgan fingerprint density at radius 1 is 1.19 bits per heavy atom. The van der Waals surface area contributed by atoms with Crippen molar-refractivity contribution in [3.05, 3.63) is 41.7 Å². The SMILES string of the molecule is CCCCOc1nc(NCCN2CCOCC2)c2ncn(Cc3cccc(F)c3F)c2n1. The summed E-state index contributed by atoms with van der Waals surface area (Å²) in [4.78, 5) is 15.8. The van der Waals surface area contributed by atoms with Gasteiger partial charge in [0, 0.05) is 31.7 Å². The minimum atomic E-state index is -0.879. The third-order valence-corrected chi connectivity index (χ3v) is 5.37. The summed E-state index contributed by atoms with van der Waals surface area (Å²) in [7, 11) is 0. The first kappa shape index (κ1) is 22.3. The van der Waals surface area contributed by atoms with Gasteiger partial charge in [0.05, 0.1) is 32.7 Å². The molecule has 2 aromatic heterocycles. The monoisotopic (exact) mass is 446 g/mol. The van der Waals surface area contributed by atoms with Crippen molar-refractivity contribution in [3.8, 4) is 6.01 Å². The number of unbranched alkanes of at least 4 members (excludes halogenated alkanes) is 1. The first-order chi connectivity index (χ1) is 15.7. The van der Waals surface area contributed by atoms with Crippen molar-refractivity contribution in [2.75, 3.05) is 51.3 Å². The van der Waals surface area contributed by atoms with Gasteiger partial charge in [-0.25, -0.2) is 13.8 Å². The number of morpholine rings is 1. The molecule has 0 bridgehead atoms. The van der Waals surface area contributed by atoms with Crippen molar-refractivity contribution >= 4 is 17.0 Å². The second-order valence-electron chi connectivity index (χ2n) is 7.70. The molecule has 1 N–H and O–H groups in total. The lowest BCUT2D eigenvalue weighted by Gasteiger charge is -2.26. The maximum absolute atomic E-state index is 14.2. The Morgan fingerprint density at radius 3 is 2.84 bits per heavy atom. The Labute approximate surface area is 185 Å². The van der Waals surface area contributed by atoms with Crippen LogP contribution in [-0.2, 0) is 11.3 Å². The average Bonchev–Trinajstić information content (AvgIpc) is 3.21. The standard InChI is InChI=1S/C22H28F2N6O2/c1-2-3-11-32-22-27-20(25-7-8-29-9-12-31-13-10-29)19-21(28-22)30(15-26-19)14-16-5-4-6-17(23)18(16)24/h4-6,15H,2-3,7-14H2,1H3,(H,25,27,28). The zero-order valence-corrected chi connectivity index (χ0v) is 18.2. The molecule has 1 aliphatic rings. The lowest BCUT2D eigenvalue weighted by molar-refractivity contribution is 0.0398. The van der Waals surface area contributed by atoms with E-state index < -0.39 is 11.6 Å². The number of halogens is 2. The first-order valence-electron chi connectivity index (χ1n) is 11.0. The normalized spacial score (nSPS) is 14.7. The number of fused-ring (bicyclic) bond motifs is 1. The second kappa shape index (κ2) is 10.6. The van der Waals surface area contributed by atoms with Crippen molar-refractivity contribution in [2.45, 2.75) is 26.3 Å². The average molecular weight is 447 g/mol. The maximum atomic E-state index is 14.2. The van der Waals surface area contributed by atoms with Gasteiger partial charge in [0.25, 0.3) is 0 Å².